The van der Waals surface area contributed by atoms with Gasteiger partial charge in [-0.15, -0.1) is 0 Å². The molecule has 0 unspecified atom stereocenters. The first-order valence-corrected chi connectivity index (χ1v) is 10.4. The van der Waals surface area contributed by atoms with E-state index < -0.39 is 11.5 Å². The first-order valence-electron chi connectivity index (χ1n) is 10.1. The Morgan fingerprint density at radius 1 is 1.35 bits per heavy atom. The Bertz CT molecular complexity index is 1020. The molecule has 2 aromatic rings. The van der Waals surface area contributed by atoms with Gasteiger partial charge in [-0.2, -0.15) is 0 Å². The highest BCUT2D eigenvalue weighted by Crippen LogP contribution is 2.42. The zero-order chi connectivity index (χ0) is 22.7. The first kappa shape index (κ1) is 23.0. The van der Waals surface area contributed by atoms with Gasteiger partial charge in [-0.25, -0.2) is 4.79 Å². The lowest BCUT2D eigenvalue weighted by molar-refractivity contribution is 0.172. The lowest BCUT2D eigenvalue weighted by atomic mass is 10.0. The lowest BCUT2D eigenvalue weighted by Gasteiger charge is -2.26. The molecule has 0 bridgehead atoms. The molecule has 0 saturated carbocycles. The number of aromatic nitrogens is 1. The second kappa shape index (κ2) is 9.62. The van der Waals surface area contributed by atoms with E-state index in [4.69, 9.17) is 25.8 Å². The quantitative estimate of drug-likeness (QED) is 0.633. The van der Waals surface area contributed by atoms with E-state index in [1.54, 1.807) is 25.4 Å². The van der Waals surface area contributed by atoms with E-state index in [0.717, 1.165) is 11.3 Å². The second-order valence-corrected chi connectivity index (χ2v) is 8.16. The van der Waals surface area contributed by atoms with Crippen LogP contribution in [0.5, 0.6) is 11.5 Å². The molecule has 1 aromatic heterocycles. The molecule has 1 aromatic carbocycles. The first-order chi connectivity index (χ1) is 14.7. The van der Waals surface area contributed by atoms with Crippen LogP contribution >= 0.6 is 11.6 Å². The highest BCUT2D eigenvalue weighted by molar-refractivity contribution is 6.32. The molecule has 31 heavy (non-hydrogen) atoms. The third-order valence-electron chi connectivity index (χ3n) is 5.30. The second-order valence-electron chi connectivity index (χ2n) is 7.75. The molecule has 0 fully saturated rings. The Kier molecular flexibility index (Phi) is 7.12. The normalized spacial score (nSPS) is 15.0. The largest absolute Gasteiger partial charge is 0.492 e. The van der Waals surface area contributed by atoms with Crippen molar-refractivity contribution >= 4 is 23.4 Å². The Morgan fingerprint density at radius 2 is 2.10 bits per heavy atom. The Morgan fingerprint density at radius 3 is 2.74 bits per heavy atom. The van der Waals surface area contributed by atoms with E-state index in [0.29, 0.717) is 47.6 Å². The topological polar surface area (TPSA) is 90.2 Å². The summed E-state index contributed by atoms with van der Waals surface area (Å²) in [6.07, 6.45) is 1.10. The number of amides is 1. The number of pyridine rings is 1. The van der Waals surface area contributed by atoms with Gasteiger partial charge in [0.05, 0.1) is 23.4 Å². The summed E-state index contributed by atoms with van der Waals surface area (Å²) in [7, 11) is 2.98. The molecular weight excluding hydrogens is 424 g/mol. The van der Waals surface area contributed by atoms with Crippen molar-refractivity contribution in [3.8, 4) is 22.8 Å². The molecule has 0 spiro atoms. The molecule has 1 N–H and O–H groups in total. The van der Waals surface area contributed by atoms with Gasteiger partial charge < -0.3 is 23.9 Å². The molecule has 168 valence electrons. The number of hydrogen-bond acceptors (Lipinski definition) is 5. The van der Waals surface area contributed by atoms with Crippen LogP contribution in [0.1, 0.15) is 26.3 Å². The lowest BCUT2D eigenvalue weighted by Crippen LogP contribution is -2.31. The number of carboxylic acid groups (broad SMARTS) is 1. The van der Waals surface area contributed by atoms with Gasteiger partial charge in [0.2, 0.25) is 5.43 Å². The number of ether oxygens (including phenoxy) is 3. The van der Waals surface area contributed by atoms with Crippen LogP contribution in [0.25, 0.3) is 11.3 Å². The van der Waals surface area contributed by atoms with Gasteiger partial charge in [-0.05, 0) is 12.0 Å². The summed E-state index contributed by atoms with van der Waals surface area (Å²) in [6, 6.07) is 4.78. The summed E-state index contributed by atoms with van der Waals surface area (Å²) in [5.74, 6) is 1.22. The van der Waals surface area contributed by atoms with Gasteiger partial charge in [0.15, 0.2) is 0 Å². The number of methoxy groups -OCH3 is 1. The average molecular weight is 451 g/mol. The van der Waals surface area contributed by atoms with E-state index in [-0.39, 0.29) is 17.6 Å². The Hall–Kier alpha value is -2.71. The maximum Gasteiger partial charge on any atom is 0.411 e. The van der Waals surface area contributed by atoms with Crippen LogP contribution in [0.3, 0.4) is 0 Å². The minimum atomic E-state index is -1.21. The van der Waals surface area contributed by atoms with Crippen LogP contribution < -0.4 is 19.8 Å². The molecular formula is C22H27ClN2O6. The number of nitrogens with zero attached hydrogens (tertiary/aromatic N) is 2. The summed E-state index contributed by atoms with van der Waals surface area (Å²) in [5, 5.41) is 9.73. The molecule has 8 nitrogen and oxygen atoms in total. The molecule has 3 rings (SSSR count). The minimum absolute atomic E-state index is 0.0783. The monoisotopic (exact) mass is 450 g/mol. The number of hydrogen-bond donors (Lipinski definition) is 1. The molecule has 0 saturated heterocycles. The number of carbonyl (C=O) groups is 1. The van der Waals surface area contributed by atoms with Crippen molar-refractivity contribution in [3.05, 3.63) is 39.6 Å². The summed E-state index contributed by atoms with van der Waals surface area (Å²) < 4.78 is 18.8. The summed E-state index contributed by atoms with van der Waals surface area (Å²) in [6.45, 7) is 5.47. The zero-order valence-electron chi connectivity index (χ0n) is 18.1. The maximum atomic E-state index is 12.8. The van der Waals surface area contributed by atoms with Gasteiger partial charge in [-0.1, -0.05) is 25.4 Å². The van der Waals surface area contributed by atoms with Crippen LogP contribution in [0.4, 0.5) is 10.5 Å². The van der Waals surface area contributed by atoms with Crippen molar-refractivity contribution in [2.24, 2.45) is 5.92 Å². The van der Waals surface area contributed by atoms with E-state index >= 15 is 0 Å². The molecule has 1 aliphatic heterocycles. The molecule has 1 atom stereocenters. The number of halogens is 1. The summed E-state index contributed by atoms with van der Waals surface area (Å²) >= 11 is 6.47. The van der Waals surface area contributed by atoms with Gasteiger partial charge in [0.1, 0.15) is 23.8 Å². The van der Waals surface area contributed by atoms with Crippen LogP contribution in [0.15, 0.2) is 29.2 Å². The summed E-state index contributed by atoms with van der Waals surface area (Å²) in [5.41, 5.74) is 0.947. The molecule has 1 amide bonds. The van der Waals surface area contributed by atoms with Crippen molar-refractivity contribution in [2.45, 2.75) is 26.3 Å². The standard InChI is InChI=1S/C22H27ClN2O6/c1-13(2)18-12-31-20-10-21(30-7-5-6-29-4)15(23)8-14(20)16-9-19(26)17(11-25(16)18)24(3)22(27)28/h8-11,13,18H,5-7,12H2,1-4H3,(H,27,28)/t18-/m0/s1. The van der Waals surface area contributed by atoms with Crippen molar-refractivity contribution in [3.63, 3.8) is 0 Å². The van der Waals surface area contributed by atoms with Gasteiger partial charge in [-0.3, -0.25) is 9.69 Å². The van der Waals surface area contributed by atoms with Crippen LogP contribution in [-0.2, 0) is 4.74 Å². The Labute approximate surface area is 185 Å². The predicted molar refractivity (Wildman–Crippen MR) is 119 cm³/mol. The van der Waals surface area contributed by atoms with E-state index in [1.165, 1.54) is 13.1 Å². The third-order valence-corrected chi connectivity index (χ3v) is 5.60. The van der Waals surface area contributed by atoms with Crippen molar-refractivity contribution in [1.29, 1.82) is 0 Å². The third kappa shape index (κ3) is 4.80. The fourth-order valence-electron chi connectivity index (χ4n) is 3.50. The number of anilines is 1. The van der Waals surface area contributed by atoms with Gasteiger partial charge in [0, 0.05) is 51.1 Å². The van der Waals surface area contributed by atoms with Crippen molar-refractivity contribution < 1.29 is 24.1 Å². The van der Waals surface area contributed by atoms with Crippen LogP contribution in [0, 0.1) is 5.92 Å². The van der Waals surface area contributed by atoms with Crippen molar-refractivity contribution in [2.75, 3.05) is 38.9 Å². The van der Waals surface area contributed by atoms with E-state index in [1.807, 2.05) is 18.4 Å². The van der Waals surface area contributed by atoms with Crippen LogP contribution in [-0.4, -0.2) is 49.7 Å². The molecule has 2 heterocycles. The average Bonchev–Trinajstić information content (AvgIpc) is 2.86. The molecule has 0 radical (unpaired) electrons. The fraction of sp³-hybridized carbons (Fsp3) is 0.455. The molecule has 1 aliphatic rings. The SMILES string of the molecule is COCCCOc1cc2c(cc1Cl)-c1cc(=O)c(N(C)C(=O)O)cn1[C@H](C(C)C)CO2. The number of rotatable bonds is 7. The van der Waals surface area contributed by atoms with Gasteiger partial charge in [0.25, 0.3) is 0 Å². The van der Waals surface area contributed by atoms with E-state index in [2.05, 4.69) is 0 Å². The zero-order valence-corrected chi connectivity index (χ0v) is 18.8. The maximum absolute atomic E-state index is 12.8. The smallest absolute Gasteiger partial charge is 0.411 e. The van der Waals surface area contributed by atoms with Gasteiger partial charge >= 0.3 is 6.09 Å². The summed E-state index contributed by atoms with van der Waals surface area (Å²) in [4.78, 5) is 25.1. The predicted octanol–water partition coefficient (Wildman–Crippen LogP) is 4.29. The van der Waals surface area contributed by atoms with Crippen molar-refractivity contribution in [1.82, 2.24) is 4.57 Å². The van der Waals surface area contributed by atoms with E-state index in [9.17, 15) is 14.7 Å². The number of benzene rings is 1. The highest BCUT2D eigenvalue weighted by atomic mass is 35.5. The molecule has 0 aliphatic carbocycles. The number of fused-ring (bicyclic) bond motifs is 3. The molecule has 9 heteroatoms. The van der Waals surface area contributed by atoms with Crippen LogP contribution in [0.2, 0.25) is 5.02 Å². The minimum Gasteiger partial charge on any atom is -0.492 e. The Balaban J connectivity index is 2.10. The fourth-order valence-corrected chi connectivity index (χ4v) is 3.72. The highest BCUT2D eigenvalue weighted by Gasteiger charge is 2.28.